The van der Waals surface area contributed by atoms with E-state index in [9.17, 15) is 0 Å². The average Bonchev–Trinajstić information content (AvgIpc) is 1.64. The van der Waals surface area contributed by atoms with Crippen LogP contribution in [0.1, 0.15) is 0 Å². The van der Waals surface area contributed by atoms with Crippen LogP contribution in [0, 0.1) is 7.05 Å². The van der Waals surface area contributed by atoms with Crippen LogP contribution in [0.15, 0.2) is 0 Å². The molecule has 3 nitrogen and oxygen atoms in total. The van der Waals surface area contributed by atoms with E-state index < -0.39 is 0 Å². The van der Waals surface area contributed by atoms with E-state index in [1.54, 1.807) is 0 Å². The Balaban J connectivity index is 3.43. The molecule has 0 aromatic heterocycles. The number of nitrogens with zero attached hydrogens (tertiary/aromatic N) is 1. The molecule has 0 rings (SSSR count). The second-order valence-electron chi connectivity index (χ2n) is 2.64. The summed E-state index contributed by atoms with van der Waals surface area (Å²) in [6, 6.07) is 0. The van der Waals surface area contributed by atoms with Gasteiger partial charge in [-0.2, -0.15) is 0 Å². The van der Waals surface area contributed by atoms with Crippen LogP contribution in [0.4, 0.5) is 0 Å². The fourth-order valence-corrected chi connectivity index (χ4v) is 0.735. The van der Waals surface area contributed by atoms with Gasteiger partial charge in [0, 0.05) is 20.1 Å². The number of hydrogen-bond acceptors (Lipinski definition) is 2. The number of hydrogen-bond donors (Lipinski definition) is 2. The van der Waals surface area contributed by atoms with Crippen molar-refractivity contribution >= 4 is 0 Å². The summed E-state index contributed by atoms with van der Waals surface area (Å²) in [5.74, 6) is 0. The van der Waals surface area contributed by atoms with Crippen LogP contribution in [-0.2, 0) is 0 Å². The van der Waals surface area contributed by atoms with Crippen molar-refractivity contribution in [3.05, 3.63) is 7.05 Å². The van der Waals surface area contributed by atoms with Crippen LogP contribution in [0.5, 0.6) is 0 Å². The number of rotatable bonds is 4. The first-order valence-corrected chi connectivity index (χ1v) is 3.21. The molecule has 0 unspecified atom stereocenters. The Labute approximate surface area is 57.2 Å². The maximum Gasteiger partial charge on any atom is 0.0668 e. The summed E-state index contributed by atoms with van der Waals surface area (Å²) in [6.07, 6.45) is 0. The van der Waals surface area contributed by atoms with Gasteiger partial charge in [0.05, 0.1) is 13.1 Å². The Morgan fingerprint density at radius 2 is 1.56 bits per heavy atom. The van der Waals surface area contributed by atoms with Crippen LogP contribution >= 0.6 is 0 Å². The quantitative estimate of drug-likeness (QED) is 0.385. The lowest BCUT2D eigenvalue weighted by Gasteiger charge is -2.37. The van der Waals surface area contributed by atoms with E-state index in [-0.39, 0.29) is 0 Å². The zero-order valence-corrected chi connectivity index (χ0v) is 6.14. The SMILES string of the molecule is [CH2-][N+](C)(CCN)CCN. The number of quaternary nitrogens is 1. The Hall–Kier alpha value is -0.120. The van der Waals surface area contributed by atoms with Crippen molar-refractivity contribution in [2.24, 2.45) is 11.5 Å². The molecule has 0 radical (unpaired) electrons. The molecule has 56 valence electrons. The van der Waals surface area contributed by atoms with E-state index in [1.807, 2.05) is 7.05 Å². The second-order valence-corrected chi connectivity index (χ2v) is 2.64. The lowest BCUT2D eigenvalue weighted by atomic mass is 10.4. The normalized spacial score (nSPS) is 12.0. The van der Waals surface area contributed by atoms with Gasteiger partial charge in [-0.25, -0.2) is 0 Å². The summed E-state index contributed by atoms with van der Waals surface area (Å²) in [5.41, 5.74) is 10.7. The van der Waals surface area contributed by atoms with Crippen LogP contribution in [0.25, 0.3) is 0 Å². The van der Waals surface area contributed by atoms with E-state index in [2.05, 4.69) is 7.05 Å². The van der Waals surface area contributed by atoms with Crippen molar-refractivity contribution in [2.75, 3.05) is 33.2 Å². The van der Waals surface area contributed by atoms with Crippen molar-refractivity contribution < 1.29 is 4.48 Å². The van der Waals surface area contributed by atoms with Gasteiger partial charge in [-0.3, -0.25) is 0 Å². The molecular weight excluding hydrogens is 114 g/mol. The summed E-state index contributed by atoms with van der Waals surface area (Å²) in [7, 11) is 5.95. The highest BCUT2D eigenvalue weighted by atomic mass is 15.3. The zero-order valence-electron chi connectivity index (χ0n) is 6.14. The van der Waals surface area contributed by atoms with Gasteiger partial charge in [0.25, 0.3) is 0 Å². The fourth-order valence-electron chi connectivity index (χ4n) is 0.735. The van der Waals surface area contributed by atoms with Crippen molar-refractivity contribution in [2.45, 2.75) is 0 Å². The lowest BCUT2D eigenvalue weighted by Crippen LogP contribution is -2.44. The summed E-state index contributed by atoms with van der Waals surface area (Å²) in [5, 5.41) is 0. The Bertz CT molecular complexity index is 62.7. The maximum absolute atomic E-state index is 5.35. The molecule has 0 aliphatic rings. The third kappa shape index (κ3) is 4.39. The van der Waals surface area contributed by atoms with E-state index in [1.165, 1.54) is 0 Å². The van der Waals surface area contributed by atoms with Crippen LogP contribution in [0.2, 0.25) is 0 Å². The average molecular weight is 131 g/mol. The summed E-state index contributed by atoms with van der Waals surface area (Å²) in [4.78, 5) is 0. The van der Waals surface area contributed by atoms with Gasteiger partial charge in [0.2, 0.25) is 0 Å². The molecule has 0 heterocycles. The van der Waals surface area contributed by atoms with Gasteiger partial charge in [0.15, 0.2) is 0 Å². The third-order valence-corrected chi connectivity index (χ3v) is 1.34. The first kappa shape index (κ1) is 8.88. The Morgan fingerprint density at radius 3 is 1.78 bits per heavy atom. The van der Waals surface area contributed by atoms with E-state index in [4.69, 9.17) is 11.5 Å². The fraction of sp³-hybridized carbons (Fsp3) is 0.833. The largest absolute Gasteiger partial charge is 0.457 e. The molecule has 0 saturated heterocycles. The Kier molecular flexibility index (Phi) is 3.77. The molecule has 0 fully saturated rings. The molecule has 0 spiro atoms. The molecular formula is C6H17N3. The molecule has 0 amide bonds. The highest BCUT2D eigenvalue weighted by Gasteiger charge is 2.03. The molecule has 4 N–H and O–H groups in total. The zero-order chi connectivity index (χ0) is 7.33. The van der Waals surface area contributed by atoms with E-state index >= 15 is 0 Å². The minimum absolute atomic E-state index is 0.681. The molecule has 9 heavy (non-hydrogen) atoms. The van der Waals surface area contributed by atoms with Gasteiger partial charge in [-0.15, -0.1) is 7.05 Å². The van der Waals surface area contributed by atoms with Gasteiger partial charge in [-0.05, 0) is 0 Å². The molecule has 0 aromatic carbocycles. The number of likely N-dealkylation sites (N-methyl/N-ethyl adjacent to an activating group) is 1. The molecule has 0 aliphatic heterocycles. The molecule has 0 saturated carbocycles. The molecule has 0 aliphatic carbocycles. The van der Waals surface area contributed by atoms with Crippen LogP contribution in [0.3, 0.4) is 0 Å². The molecule has 0 bridgehead atoms. The summed E-state index contributed by atoms with van der Waals surface area (Å²) < 4.78 is 0.688. The van der Waals surface area contributed by atoms with Crippen molar-refractivity contribution in [1.82, 2.24) is 0 Å². The third-order valence-electron chi connectivity index (χ3n) is 1.34. The monoisotopic (exact) mass is 131 g/mol. The van der Waals surface area contributed by atoms with Crippen molar-refractivity contribution in [1.29, 1.82) is 0 Å². The van der Waals surface area contributed by atoms with Gasteiger partial charge in [0.1, 0.15) is 0 Å². The van der Waals surface area contributed by atoms with Gasteiger partial charge >= 0.3 is 0 Å². The maximum atomic E-state index is 5.35. The van der Waals surface area contributed by atoms with Crippen molar-refractivity contribution in [3.63, 3.8) is 0 Å². The highest BCUT2D eigenvalue weighted by Crippen LogP contribution is 1.94. The van der Waals surface area contributed by atoms with Gasteiger partial charge < -0.3 is 16.0 Å². The molecule has 3 heteroatoms. The smallest absolute Gasteiger partial charge is 0.0668 e. The Morgan fingerprint density at radius 1 is 1.22 bits per heavy atom. The second kappa shape index (κ2) is 3.82. The van der Waals surface area contributed by atoms with Crippen molar-refractivity contribution in [3.8, 4) is 0 Å². The summed E-state index contributed by atoms with van der Waals surface area (Å²) in [6.45, 7) is 3.16. The summed E-state index contributed by atoms with van der Waals surface area (Å²) >= 11 is 0. The van der Waals surface area contributed by atoms with Crippen LogP contribution < -0.4 is 11.5 Å². The molecule has 0 aromatic rings. The van der Waals surface area contributed by atoms with Gasteiger partial charge in [-0.1, -0.05) is 0 Å². The molecule has 0 atom stereocenters. The minimum atomic E-state index is 0.681. The highest BCUT2D eigenvalue weighted by molar-refractivity contribution is 4.39. The topological polar surface area (TPSA) is 52.0 Å². The lowest BCUT2D eigenvalue weighted by molar-refractivity contribution is -0.863. The van der Waals surface area contributed by atoms with E-state index in [0.717, 1.165) is 13.1 Å². The van der Waals surface area contributed by atoms with Crippen LogP contribution in [-0.4, -0.2) is 37.7 Å². The first-order valence-electron chi connectivity index (χ1n) is 3.21. The predicted molar refractivity (Wildman–Crippen MR) is 39.4 cm³/mol. The first-order chi connectivity index (χ1) is 4.12. The van der Waals surface area contributed by atoms with E-state index in [0.29, 0.717) is 17.6 Å². The number of nitrogens with two attached hydrogens (primary N) is 2. The minimum Gasteiger partial charge on any atom is -0.457 e. The predicted octanol–water partition coefficient (Wildman–Crippen LogP) is -0.858. The standard InChI is InChI=1S/C6H17N3/c1-9(2,5-3-7)6-4-8/h1,3-8H2,2H3.